The van der Waals surface area contributed by atoms with Crippen LogP contribution in [-0.2, 0) is 18.7 Å². The minimum absolute atomic E-state index is 1.05. The molecule has 0 atom stereocenters. The third-order valence-corrected chi connectivity index (χ3v) is 3.58. The van der Waals surface area contributed by atoms with Crippen molar-refractivity contribution < 1.29 is 0 Å². The third kappa shape index (κ3) is 2.31. The Kier molecular flexibility index (Phi) is 3.49. The molecule has 0 bridgehead atoms. The fourth-order valence-electron chi connectivity index (χ4n) is 1.84. The van der Waals surface area contributed by atoms with Crippen molar-refractivity contribution in [1.82, 2.24) is 5.32 Å². The van der Waals surface area contributed by atoms with Crippen LogP contribution in [0.5, 0.6) is 0 Å². The molecule has 0 saturated carbocycles. The molecule has 1 heterocycles. The summed E-state index contributed by atoms with van der Waals surface area (Å²) < 4.78 is 0. The normalized spacial score (nSPS) is 15.2. The van der Waals surface area contributed by atoms with Crippen LogP contribution in [-0.4, -0.2) is 12.3 Å². The largest absolute Gasteiger partial charge is 0.312 e. The van der Waals surface area contributed by atoms with Gasteiger partial charge in [-0.2, -0.15) is 11.8 Å². The zero-order valence-corrected chi connectivity index (χ0v) is 9.49. The average molecular weight is 207 g/mol. The topological polar surface area (TPSA) is 12.0 Å². The monoisotopic (exact) mass is 207 g/mol. The van der Waals surface area contributed by atoms with Crippen molar-refractivity contribution in [3.63, 3.8) is 0 Å². The van der Waals surface area contributed by atoms with Gasteiger partial charge in [-0.15, -0.1) is 0 Å². The molecule has 1 N–H and O–H groups in total. The lowest BCUT2D eigenvalue weighted by Crippen LogP contribution is -2.23. The van der Waals surface area contributed by atoms with E-state index in [-0.39, 0.29) is 0 Å². The van der Waals surface area contributed by atoms with E-state index in [0.29, 0.717) is 0 Å². The second kappa shape index (κ2) is 4.85. The molecular weight excluding hydrogens is 190 g/mol. The number of nitrogens with one attached hydrogen (secondary N) is 1. The first-order chi connectivity index (χ1) is 6.90. The summed E-state index contributed by atoms with van der Waals surface area (Å²) in [7, 11) is 0. The quantitative estimate of drug-likeness (QED) is 0.817. The van der Waals surface area contributed by atoms with Crippen molar-refractivity contribution in [1.29, 1.82) is 0 Å². The van der Waals surface area contributed by atoms with Crippen LogP contribution in [0.1, 0.15) is 23.6 Å². The summed E-state index contributed by atoms with van der Waals surface area (Å²) in [5, 5.41) is 3.40. The first-order valence-electron chi connectivity index (χ1n) is 5.29. The summed E-state index contributed by atoms with van der Waals surface area (Å²) in [6.45, 7) is 4.40. The number of hydrogen-bond donors (Lipinski definition) is 1. The van der Waals surface area contributed by atoms with E-state index in [1.807, 2.05) is 11.8 Å². The smallest absolute Gasteiger partial charge is 0.0208 e. The fraction of sp³-hybridized carbons (Fsp3) is 0.500. The zero-order valence-electron chi connectivity index (χ0n) is 8.68. The van der Waals surface area contributed by atoms with Crippen molar-refractivity contribution in [2.75, 3.05) is 12.3 Å². The summed E-state index contributed by atoms with van der Waals surface area (Å²) in [6.07, 6.45) is 1.19. The summed E-state index contributed by atoms with van der Waals surface area (Å²) in [5.74, 6) is 2.37. The van der Waals surface area contributed by atoms with Crippen LogP contribution in [0.3, 0.4) is 0 Å². The molecule has 0 fully saturated rings. The van der Waals surface area contributed by atoms with E-state index in [0.717, 1.165) is 18.8 Å². The lowest BCUT2D eigenvalue weighted by atomic mass is 9.99. The molecule has 1 nitrogen and oxygen atoms in total. The molecule has 0 aromatic heterocycles. The molecular formula is C12H17NS. The fourth-order valence-corrected chi connectivity index (χ4v) is 2.46. The Bertz CT molecular complexity index is 309. The second-order valence-electron chi connectivity index (χ2n) is 3.67. The molecule has 0 saturated heterocycles. The molecule has 1 aliphatic rings. The van der Waals surface area contributed by atoms with Gasteiger partial charge in [-0.25, -0.2) is 0 Å². The van der Waals surface area contributed by atoms with E-state index in [1.54, 1.807) is 5.56 Å². The van der Waals surface area contributed by atoms with Crippen LogP contribution in [0.4, 0.5) is 0 Å². The number of rotatable bonds is 3. The number of thioether (sulfide) groups is 1. The Labute approximate surface area is 90.3 Å². The van der Waals surface area contributed by atoms with Crippen LogP contribution < -0.4 is 5.32 Å². The highest BCUT2D eigenvalue weighted by atomic mass is 32.2. The predicted molar refractivity (Wildman–Crippen MR) is 63.7 cm³/mol. The first-order valence-corrected chi connectivity index (χ1v) is 6.44. The Morgan fingerprint density at radius 2 is 2.29 bits per heavy atom. The van der Waals surface area contributed by atoms with E-state index >= 15 is 0 Å². The van der Waals surface area contributed by atoms with Crippen LogP contribution >= 0.6 is 11.8 Å². The van der Waals surface area contributed by atoms with Gasteiger partial charge in [0.05, 0.1) is 0 Å². The standard InChI is InChI=1S/C12H17NS/c1-2-14-9-10-3-4-12-8-13-6-5-11(12)7-10/h3-4,7,13H,2,5-6,8-9H2,1H3. The van der Waals surface area contributed by atoms with Gasteiger partial charge >= 0.3 is 0 Å². The van der Waals surface area contributed by atoms with Crippen molar-refractivity contribution in [3.8, 4) is 0 Å². The van der Waals surface area contributed by atoms with E-state index < -0.39 is 0 Å². The molecule has 2 rings (SSSR count). The van der Waals surface area contributed by atoms with E-state index in [4.69, 9.17) is 0 Å². The Hall–Kier alpha value is -0.470. The van der Waals surface area contributed by atoms with Crippen molar-refractivity contribution in [2.24, 2.45) is 0 Å². The summed E-state index contributed by atoms with van der Waals surface area (Å²) in [6, 6.07) is 6.94. The molecule has 1 aromatic carbocycles. The van der Waals surface area contributed by atoms with Crippen molar-refractivity contribution in [3.05, 3.63) is 34.9 Å². The van der Waals surface area contributed by atoms with Crippen molar-refractivity contribution >= 4 is 11.8 Å². The predicted octanol–water partition coefficient (Wildman–Crippen LogP) is 2.59. The van der Waals surface area contributed by atoms with Crippen LogP contribution in [0.25, 0.3) is 0 Å². The molecule has 2 heteroatoms. The maximum Gasteiger partial charge on any atom is 0.0208 e. The third-order valence-electron chi connectivity index (χ3n) is 2.63. The summed E-state index contributed by atoms with van der Waals surface area (Å²) in [5.41, 5.74) is 4.52. The first kappa shape index (κ1) is 10.1. The Balaban J connectivity index is 2.12. The lowest BCUT2D eigenvalue weighted by Gasteiger charge is -2.17. The van der Waals surface area contributed by atoms with Gasteiger partial charge in [0.15, 0.2) is 0 Å². The van der Waals surface area contributed by atoms with Gasteiger partial charge in [-0.3, -0.25) is 0 Å². The van der Waals surface area contributed by atoms with Gasteiger partial charge in [0.2, 0.25) is 0 Å². The molecule has 0 radical (unpaired) electrons. The van der Waals surface area contributed by atoms with Gasteiger partial charge in [0.1, 0.15) is 0 Å². The van der Waals surface area contributed by atoms with Gasteiger partial charge in [0, 0.05) is 12.3 Å². The highest BCUT2D eigenvalue weighted by Crippen LogP contribution is 2.19. The minimum Gasteiger partial charge on any atom is -0.312 e. The minimum atomic E-state index is 1.05. The molecule has 0 aliphatic carbocycles. The van der Waals surface area contributed by atoms with Crippen molar-refractivity contribution in [2.45, 2.75) is 25.6 Å². The molecule has 0 spiro atoms. The summed E-state index contributed by atoms with van der Waals surface area (Å²) >= 11 is 2.00. The molecule has 0 unspecified atom stereocenters. The molecule has 14 heavy (non-hydrogen) atoms. The highest BCUT2D eigenvalue weighted by Gasteiger charge is 2.08. The number of benzene rings is 1. The van der Waals surface area contributed by atoms with Gasteiger partial charge in [0.25, 0.3) is 0 Å². The maximum absolute atomic E-state index is 3.40. The average Bonchev–Trinajstić information content (AvgIpc) is 2.26. The van der Waals surface area contributed by atoms with E-state index in [2.05, 4.69) is 30.4 Å². The molecule has 0 amide bonds. The Morgan fingerprint density at radius 1 is 1.36 bits per heavy atom. The highest BCUT2D eigenvalue weighted by molar-refractivity contribution is 7.98. The summed E-state index contributed by atoms with van der Waals surface area (Å²) in [4.78, 5) is 0. The van der Waals surface area contributed by atoms with E-state index in [9.17, 15) is 0 Å². The lowest BCUT2D eigenvalue weighted by molar-refractivity contribution is 0.643. The van der Waals surface area contributed by atoms with Gasteiger partial charge in [-0.1, -0.05) is 25.1 Å². The number of hydrogen-bond acceptors (Lipinski definition) is 2. The SMILES string of the molecule is CCSCc1ccc2c(c1)CCNC2. The van der Waals surface area contributed by atoms with Gasteiger partial charge < -0.3 is 5.32 Å². The maximum atomic E-state index is 3.40. The van der Waals surface area contributed by atoms with Crippen LogP contribution in [0.2, 0.25) is 0 Å². The number of fused-ring (bicyclic) bond motifs is 1. The Morgan fingerprint density at radius 3 is 3.14 bits per heavy atom. The zero-order chi connectivity index (χ0) is 9.80. The van der Waals surface area contributed by atoms with Crippen LogP contribution in [0.15, 0.2) is 18.2 Å². The second-order valence-corrected chi connectivity index (χ2v) is 4.94. The molecule has 1 aromatic rings. The van der Waals surface area contributed by atoms with Gasteiger partial charge in [-0.05, 0) is 35.4 Å². The molecule has 76 valence electrons. The molecule has 1 aliphatic heterocycles. The van der Waals surface area contributed by atoms with E-state index in [1.165, 1.54) is 23.3 Å². The van der Waals surface area contributed by atoms with Crippen LogP contribution in [0, 0.1) is 0 Å².